The molecule has 6 nitrogen and oxygen atoms in total. The lowest BCUT2D eigenvalue weighted by Gasteiger charge is -2.11. The first kappa shape index (κ1) is 17.8. The van der Waals surface area contributed by atoms with Crippen LogP contribution in [0.2, 0.25) is 0 Å². The van der Waals surface area contributed by atoms with Gasteiger partial charge in [0, 0.05) is 29.8 Å². The van der Waals surface area contributed by atoms with Crippen molar-refractivity contribution in [3.8, 4) is 11.5 Å². The maximum absolute atomic E-state index is 12.4. The fraction of sp³-hybridized carbons (Fsp3) is 0.300. The van der Waals surface area contributed by atoms with Crippen molar-refractivity contribution < 1.29 is 19.1 Å². The number of carbonyl (C=O) groups is 2. The van der Waals surface area contributed by atoms with E-state index in [0.29, 0.717) is 29.3 Å². The Hall–Kier alpha value is -3.02. The Morgan fingerprint density at radius 3 is 2.31 bits per heavy atom. The molecule has 2 amide bonds. The smallest absolute Gasteiger partial charge is 0.255 e. The van der Waals surface area contributed by atoms with Crippen LogP contribution in [-0.2, 0) is 11.3 Å². The molecular formula is C20H22N2O4. The maximum Gasteiger partial charge on any atom is 0.255 e. The van der Waals surface area contributed by atoms with Crippen LogP contribution in [0.1, 0.15) is 28.8 Å². The van der Waals surface area contributed by atoms with Gasteiger partial charge >= 0.3 is 0 Å². The van der Waals surface area contributed by atoms with Crippen molar-refractivity contribution in [3.05, 3.63) is 53.6 Å². The fourth-order valence-electron chi connectivity index (χ4n) is 2.57. The summed E-state index contributed by atoms with van der Waals surface area (Å²) in [6, 6.07) is 12.4. The number of benzene rings is 2. The van der Waals surface area contributed by atoms with Gasteiger partial charge in [-0.3, -0.25) is 9.59 Å². The van der Waals surface area contributed by atoms with Gasteiger partial charge < -0.3 is 20.1 Å². The van der Waals surface area contributed by atoms with Crippen molar-refractivity contribution in [2.75, 3.05) is 19.5 Å². The fourth-order valence-corrected chi connectivity index (χ4v) is 2.57. The molecule has 0 radical (unpaired) electrons. The lowest BCUT2D eigenvalue weighted by molar-refractivity contribution is -0.122. The van der Waals surface area contributed by atoms with E-state index in [-0.39, 0.29) is 17.7 Å². The van der Waals surface area contributed by atoms with Crippen LogP contribution in [-0.4, -0.2) is 26.0 Å². The van der Waals surface area contributed by atoms with Crippen molar-refractivity contribution >= 4 is 17.5 Å². The first-order valence-corrected chi connectivity index (χ1v) is 8.50. The zero-order chi connectivity index (χ0) is 18.5. The van der Waals surface area contributed by atoms with Crippen LogP contribution in [0.25, 0.3) is 0 Å². The molecule has 2 aromatic rings. The Kier molecular flexibility index (Phi) is 5.41. The molecule has 3 rings (SSSR count). The van der Waals surface area contributed by atoms with Gasteiger partial charge in [0.15, 0.2) is 11.5 Å². The van der Waals surface area contributed by atoms with E-state index in [1.165, 1.54) is 0 Å². The topological polar surface area (TPSA) is 76.7 Å². The summed E-state index contributed by atoms with van der Waals surface area (Å²) in [4.78, 5) is 24.1. The summed E-state index contributed by atoms with van der Waals surface area (Å²) in [7, 11) is 3.11. The maximum atomic E-state index is 12.4. The van der Waals surface area contributed by atoms with E-state index in [0.717, 1.165) is 18.4 Å². The summed E-state index contributed by atoms with van der Waals surface area (Å²) >= 11 is 0. The summed E-state index contributed by atoms with van der Waals surface area (Å²) in [6.45, 7) is 0.479. The Bertz CT molecular complexity index is 798. The number of methoxy groups -OCH3 is 2. The monoisotopic (exact) mass is 354 g/mol. The minimum Gasteiger partial charge on any atom is -0.493 e. The molecule has 2 N–H and O–H groups in total. The number of rotatable bonds is 7. The number of ether oxygens (including phenoxy) is 2. The Labute approximate surface area is 152 Å². The Morgan fingerprint density at radius 2 is 1.69 bits per heavy atom. The van der Waals surface area contributed by atoms with Crippen LogP contribution in [0.3, 0.4) is 0 Å². The highest BCUT2D eigenvalue weighted by Gasteiger charge is 2.29. The molecule has 1 fully saturated rings. The summed E-state index contributed by atoms with van der Waals surface area (Å²) < 4.78 is 10.4. The van der Waals surface area contributed by atoms with Gasteiger partial charge in [0.1, 0.15) is 0 Å². The molecule has 1 aliphatic rings. The van der Waals surface area contributed by atoms with E-state index in [9.17, 15) is 9.59 Å². The lowest BCUT2D eigenvalue weighted by atomic mass is 10.1. The van der Waals surface area contributed by atoms with Crippen molar-refractivity contribution in [1.82, 2.24) is 5.32 Å². The van der Waals surface area contributed by atoms with Crippen LogP contribution in [0.4, 0.5) is 5.69 Å². The van der Waals surface area contributed by atoms with Gasteiger partial charge in [0.25, 0.3) is 5.91 Å². The molecule has 0 bridgehead atoms. The van der Waals surface area contributed by atoms with E-state index < -0.39 is 0 Å². The largest absolute Gasteiger partial charge is 0.493 e. The second kappa shape index (κ2) is 7.91. The summed E-state index contributed by atoms with van der Waals surface area (Å²) in [5.41, 5.74) is 2.12. The van der Waals surface area contributed by atoms with E-state index in [1.54, 1.807) is 44.6 Å². The third-order valence-corrected chi connectivity index (χ3v) is 4.27. The van der Waals surface area contributed by atoms with Crippen LogP contribution in [0.5, 0.6) is 11.5 Å². The Balaban J connectivity index is 1.59. The van der Waals surface area contributed by atoms with Crippen molar-refractivity contribution in [3.63, 3.8) is 0 Å². The predicted molar refractivity (Wildman–Crippen MR) is 98.5 cm³/mol. The number of carbonyl (C=O) groups excluding carboxylic acids is 2. The lowest BCUT2D eigenvalue weighted by Crippen LogP contribution is -2.24. The van der Waals surface area contributed by atoms with Crippen LogP contribution >= 0.6 is 0 Å². The van der Waals surface area contributed by atoms with E-state index in [2.05, 4.69) is 10.6 Å². The van der Waals surface area contributed by atoms with Gasteiger partial charge in [-0.05, 0) is 42.7 Å². The predicted octanol–water partition coefficient (Wildman–Crippen LogP) is 2.98. The molecule has 1 saturated carbocycles. The normalized spacial score (nSPS) is 13.0. The van der Waals surface area contributed by atoms with Crippen molar-refractivity contribution in [2.24, 2.45) is 5.92 Å². The molecule has 26 heavy (non-hydrogen) atoms. The third-order valence-electron chi connectivity index (χ3n) is 4.27. The van der Waals surface area contributed by atoms with Crippen molar-refractivity contribution in [2.45, 2.75) is 19.4 Å². The SMILES string of the molecule is COc1ccc(NC(=O)c2ccc(CNC(=O)C3CC3)cc2)cc1OC. The molecular weight excluding hydrogens is 332 g/mol. The summed E-state index contributed by atoms with van der Waals surface area (Å²) in [5.74, 6) is 1.24. The molecule has 6 heteroatoms. The van der Waals surface area contributed by atoms with E-state index in [4.69, 9.17) is 9.47 Å². The molecule has 0 spiro atoms. The molecule has 0 aliphatic heterocycles. The molecule has 1 aliphatic carbocycles. The van der Waals surface area contributed by atoms with Gasteiger partial charge in [0.2, 0.25) is 5.91 Å². The number of nitrogens with one attached hydrogen (secondary N) is 2. The zero-order valence-electron chi connectivity index (χ0n) is 14.9. The first-order chi connectivity index (χ1) is 12.6. The summed E-state index contributed by atoms with van der Waals surface area (Å²) in [5, 5.41) is 5.74. The van der Waals surface area contributed by atoms with Crippen LogP contribution in [0, 0.1) is 5.92 Å². The van der Waals surface area contributed by atoms with Gasteiger partial charge in [0.05, 0.1) is 14.2 Å². The van der Waals surface area contributed by atoms with Crippen molar-refractivity contribution in [1.29, 1.82) is 0 Å². The average Bonchev–Trinajstić information content (AvgIpc) is 3.51. The zero-order valence-corrected chi connectivity index (χ0v) is 14.9. The molecule has 0 saturated heterocycles. The second-order valence-corrected chi connectivity index (χ2v) is 6.21. The molecule has 0 unspecified atom stereocenters. The van der Waals surface area contributed by atoms with E-state index >= 15 is 0 Å². The minimum atomic E-state index is -0.217. The van der Waals surface area contributed by atoms with Gasteiger partial charge in [-0.15, -0.1) is 0 Å². The quantitative estimate of drug-likeness (QED) is 0.801. The van der Waals surface area contributed by atoms with Crippen LogP contribution in [0.15, 0.2) is 42.5 Å². The number of anilines is 1. The second-order valence-electron chi connectivity index (χ2n) is 6.21. The average molecular weight is 354 g/mol. The molecule has 136 valence electrons. The molecule has 0 atom stereocenters. The molecule has 0 heterocycles. The first-order valence-electron chi connectivity index (χ1n) is 8.50. The van der Waals surface area contributed by atoms with Gasteiger partial charge in [-0.1, -0.05) is 12.1 Å². The van der Waals surface area contributed by atoms with Gasteiger partial charge in [-0.2, -0.15) is 0 Å². The molecule has 2 aromatic carbocycles. The summed E-state index contributed by atoms with van der Waals surface area (Å²) in [6.07, 6.45) is 1.97. The van der Waals surface area contributed by atoms with Crippen LogP contribution < -0.4 is 20.1 Å². The highest BCUT2D eigenvalue weighted by Crippen LogP contribution is 2.30. The highest BCUT2D eigenvalue weighted by atomic mass is 16.5. The Morgan fingerprint density at radius 1 is 1.00 bits per heavy atom. The molecule has 0 aromatic heterocycles. The van der Waals surface area contributed by atoms with E-state index in [1.807, 2.05) is 12.1 Å². The number of hydrogen-bond donors (Lipinski definition) is 2. The third kappa shape index (κ3) is 4.33. The number of hydrogen-bond acceptors (Lipinski definition) is 4. The number of amides is 2. The highest BCUT2D eigenvalue weighted by molar-refractivity contribution is 6.04. The minimum absolute atomic E-state index is 0.111. The standard InChI is InChI=1S/C20H22N2O4/c1-25-17-10-9-16(11-18(17)26-2)22-20(24)15-5-3-13(4-6-15)12-21-19(23)14-7-8-14/h3-6,9-11,14H,7-8,12H2,1-2H3,(H,21,23)(H,22,24). The van der Waals surface area contributed by atoms with Gasteiger partial charge in [-0.25, -0.2) is 0 Å².